The monoisotopic (exact) mass is 246 g/mol. The van der Waals surface area contributed by atoms with Crippen molar-refractivity contribution in [1.29, 1.82) is 0 Å². The number of rotatable bonds is 3. The third-order valence-corrected chi connectivity index (χ3v) is 3.85. The van der Waals surface area contributed by atoms with Crippen LogP contribution in [0.4, 0.5) is 5.69 Å². The van der Waals surface area contributed by atoms with E-state index < -0.39 is 0 Å². The van der Waals surface area contributed by atoms with Crippen LogP contribution in [0, 0.1) is 0 Å². The Morgan fingerprint density at radius 2 is 2.06 bits per heavy atom. The van der Waals surface area contributed by atoms with Gasteiger partial charge in [0.25, 0.3) is 0 Å². The van der Waals surface area contributed by atoms with E-state index in [-0.39, 0.29) is 5.91 Å². The Morgan fingerprint density at radius 3 is 2.72 bits per heavy atom. The largest absolute Gasteiger partial charge is 0.315 e. The maximum Gasteiger partial charge on any atom is 0.228 e. The van der Waals surface area contributed by atoms with Crippen LogP contribution in [-0.4, -0.2) is 37.5 Å². The topological polar surface area (TPSA) is 23.6 Å². The number of anilines is 1. The fourth-order valence-corrected chi connectivity index (χ4v) is 2.54. The number of carbonyl (C=O) groups excluding carboxylic acids is 1. The Bertz CT molecular complexity index is 391. The Kier molecular flexibility index (Phi) is 4.37. The normalized spacial score (nSPS) is 20.7. The highest BCUT2D eigenvalue weighted by Gasteiger charge is 2.23. The van der Waals surface area contributed by atoms with Crippen LogP contribution in [0.15, 0.2) is 30.3 Å². The third kappa shape index (κ3) is 3.10. The second-order valence-electron chi connectivity index (χ2n) is 5.12. The smallest absolute Gasteiger partial charge is 0.228 e. The number of benzene rings is 1. The van der Waals surface area contributed by atoms with E-state index in [0.29, 0.717) is 12.5 Å². The minimum atomic E-state index is 0.208. The third-order valence-electron chi connectivity index (χ3n) is 3.85. The summed E-state index contributed by atoms with van der Waals surface area (Å²) >= 11 is 0. The minimum Gasteiger partial charge on any atom is -0.315 e. The van der Waals surface area contributed by atoms with E-state index in [1.165, 1.54) is 12.8 Å². The zero-order valence-electron chi connectivity index (χ0n) is 11.3. The van der Waals surface area contributed by atoms with Crippen molar-refractivity contribution in [3.63, 3.8) is 0 Å². The van der Waals surface area contributed by atoms with Crippen molar-refractivity contribution in [1.82, 2.24) is 4.90 Å². The lowest BCUT2D eigenvalue weighted by Gasteiger charge is -2.33. The van der Waals surface area contributed by atoms with Gasteiger partial charge in [-0.1, -0.05) is 24.6 Å². The van der Waals surface area contributed by atoms with Gasteiger partial charge in [-0.2, -0.15) is 0 Å². The number of para-hydroxylation sites is 1. The molecule has 1 aliphatic rings. The van der Waals surface area contributed by atoms with Crippen LogP contribution in [0.3, 0.4) is 0 Å². The molecule has 98 valence electrons. The number of piperidine rings is 1. The molecular weight excluding hydrogens is 224 g/mol. The zero-order chi connectivity index (χ0) is 13.0. The van der Waals surface area contributed by atoms with E-state index in [2.05, 4.69) is 11.9 Å². The van der Waals surface area contributed by atoms with E-state index >= 15 is 0 Å². The molecule has 0 saturated carbocycles. The Hall–Kier alpha value is -1.35. The van der Waals surface area contributed by atoms with Gasteiger partial charge in [-0.15, -0.1) is 0 Å². The molecule has 2 rings (SSSR count). The summed E-state index contributed by atoms with van der Waals surface area (Å²) in [4.78, 5) is 16.3. The molecule has 1 unspecified atom stereocenters. The zero-order valence-corrected chi connectivity index (χ0v) is 11.3. The first-order valence-corrected chi connectivity index (χ1v) is 6.70. The quantitative estimate of drug-likeness (QED) is 0.818. The first-order valence-electron chi connectivity index (χ1n) is 6.70. The number of carbonyl (C=O) groups is 1. The number of likely N-dealkylation sites (tertiary alicyclic amines) is 1. The van der Waals surface area contributed by atoms with Crippen LogP contribution in [-0.2, 0) is 4.79 Å². The standard InChI is InChI=1S/C15H22N2O/c1-16-11-7-6-10-14(16)12-15(18)17(2)13-8-4-3-5-9-13/h3-5,8-9,14H,6-7,10-12H2,1-2H3. The summed E-state index contributed by atoms with van der Waals surface area (Å²) in [7, 11) is 3.99. The average Bonchev–Trinajstić information content (AvgIpc) is 2.41. The molecule has 3 nitrogen and oxygen atoms in total. The Morgan fingerprint density at radius 1 is 1.33 bits per heavy atom. The van der Waals surface area contributed by atoms with Gasteiger partial charge in [0, 0.05) is 25.2 Å². The summed E-state index contributed by atoms with van der Waals surface area (Å²) in [5.41, 5.74) is 0.973. The van der Waals surface area contributed by atoms with E-state index in [4.69, 9.17) is 0 Å². The van der Waals surface area contributed by atoms with Gasteiger partial charge >= 0.3 is 0 Å². The molecule has 1 aliphatic heterocycles. The fourth-order valence-electron chi connectivity index (χ4n) is 2.54. The molecule has 0 aliphatic carbocycles. The first-order chi connectivity index (χ1) is 8.68. The van der Waals surface area contributed by atoms with E-state index in [1.807, 2.05) is 37.4 Å². The first kappa shape index (κ1) is 13.1. The van der Waals surface area contributed by atoms with E-state index in [0.717, 1.165) is 18.7 Å². The van der Waals surface area contributed by atoms with Gasteiger partial charge in [0.1, 0.15) is 0 Å². The van der Waals surface area contributed by atoms with Gasteiger partial charge in [0.2, 0.25) is 5.91 Å². The Labute approximate surface area is 109 Å². The Balaban J connectivity index is 1.95. The molecule has 18 heavy (non-hydrogen) atoms. The summed E-state index contributed by atoms with van der Waals surface area (Å²) in [6.07, 6.45) is 4.28. The fraction of sp³-hybridized carbons (Fsp3) is 0.533. The molecule has 1 fully saturated rings. The van der Waals surface area contributed by atoms with Crippen LogP contribution in [0.25, 0.3) is 0 Å². The van der Waals surface area contributed by atoms with Crippen molar-refractivity contribution >= 4 is 11.6 Å². The van der Waals surface area contributed by atoms with Crippen molar-refractivity contribution < 1.29 is 4.79 Å². The van der Waals surface area contributed by atoms with Crippen molar-refractivity contribution in [2.45, 2.75) is 31.7 Å². The van der Waals surface area contributed by atoms with Gasteiger partial charge in [-0.05, 0) is 38.6 Å². The number of nitrogens with zero attached hydrogens (tertiary/aromatic N) is 2. The highest BCUT2D eigenvalue weighted by atomic mass is 16.2. The number of hydrogen-bond donors (Lipinski definition) is 0. The maximum atomic E-state index is 12.3. The molecule has 3 heteroatoms. The second kappa shape index (κ2) is 6.01. The molecule has 1 aromatic rings. The molecule has 1 amide bonds. The summed E-state index contributed by atoms with van der Waals surface area (Å²) in [6, 6.07) is 10.3. The van der Waals surface area contributed by atoms with E-state index in [1.54, 1.807) is 4.90 Å². The van der Waals surface area contributed by atoms with E-state index in [9.17, 15) is 4.79 Å². The SMILES string of the molecule is CN(C(=O)CC1CCCCN1C)c1ccccc1. The highest BCUT2D eigenvalue weighted by molar-refractivity contribution is 5.93. The number of hydrogen-bond acceptors (Lipinski definition) is 2. The molecule has 1 saturated heterocycles. The van der Waals surface area contributed by atoms with Crippen LogP contribution >= 0.6 is 0 Å². The van der Waals surface area contributed by atoms with Crippen LogP contribution in [0.5, 0.6) is 0 Å². The lowest BCUT2D eigenvalue weighted by Crippen LogP contribution is -2.40. The van der Waals surface area contributed by atoms with Gasteiger partial charge < -0.3 is 9.80 Å². The molecule has 0 N–H and O–H groups in total. The maximum absolute atomic E-state index is 12.3. The predicted molar refractivity (Wildman–Crippen MR) is 74.7 cm³/mol. The summed E-state index contributed by atoms with van der Waals surface area (Å²) in [6.45, 7) is 1.12. The molecule has 1 heterocycles. The van der Waals surface area contributed by atoms with Gasteiger partial charge in [0.05, 0.1) is 0 Å². The van der Waals surface area contributed by atoms with Gasteiger partial charge in [-0.3, -0.25) is 4.79 Å². The van der Waals surface area contributed by atoms with Crippen LogP contribution in [0.1, 0.15) is 25.7 Å². The molecule has 0 spiro atoms. The summed E-state index contributed by atoms with van der Waals surface area (Å²) in [5, 5.41) is 0. The highest BCUT2D eigenvalue weighted by Crippen LogP contribution is 2.20. The lowest BCUT2D eigenvalue weighted by atomic mass is 9.99. The molecular formula is C15H22N2O. The average molecular weight is 246 g/mol. The summed E-state index contributed by atoms with van der Waals surface area (Å²) in [5.74, 6) is 0.208. The molecule has 0 aromatic heterocycles. The lowest BCUT2D eigenvalue weighted by molar-refractivity contribution is -0.119. The van der Waals surface area contributed by atoms with Gasteiger partial charge in [0.15, 0.2) is 0 Å². The summed E-state index contributed by atoms with van der Waals surface area (Å²) < 4.78 is 0. The molecule has 1 aromatic carbocycles. The molecule has 0 bridgehead atoms. The van der Waals surface area contributed by atoms with Crippen molar-refractivity contribution in [2.24, 2.45) is 0 Å². The molecule has 0 radical (unpaired) electrons. The van der Waals surface area contributed by atoms with Crippen molar-refractivity contribution in [3.8, 4) is 0 Å². The predicted octanol–water partition coefficient (Wildman–Crippen LogP) is 2.52. The minimum absolute atomic E-state index is 0.208. The van der Waals surface area contributed by atoms with Gasteiger partial charge in [-0.25, -0.2) is 0 Å². The van der Waals surface area contributed by atoms with Crippen LogP contribution in [0.2, 0.25) is 0 Å². The van der Waals surface area contributed by atoms with Crippen LogP contribution < -0.4 is 4.90 Å². The van der Waals surface area contributed by atoms with Crippen molar-refractivity contribution in [3.05, 3.63) is 30.3 Å². The molecule has 1 atom stereocenters. The second-order valence-corrected chi connectivity index (χ2v) is 5.12. The van der Waals surface area contributed by atoms with Crippen molar-refractivity contribution in [2.75, 3.05) is 25.5 Å². The number of amides is 1.